The van der Waals surface area contributed by atoms with Crippen LogP contribution in [0.25, 0.3) is 0 Å². The van der Waals surface area contributed by atoms with E-state index in [1.807, 2.05) is 6.92 Å². The van der Waals surface area contributed by atoms with E-state index in [9.17, 15) is 15.2 Å². The summed E-state index contributed by atoms with van der Waals surface area (Å²) in [7, 11) is 0. The molecule has 6 nitrogen and oxygen atoms in total. The lowest BCUT2D eigenvalue weighted by molar-refractivity contribution is -0.384. The van der Waals surface area contributed by atoms with Crippen molar-refractivity contribution >= 4 is 5.69 Å². The molecule has 1 aromatic rings. The summed E-state index contributed by atoms with van der Waals surface area (Å²) in [4.78, 5) is 12.2. The maximum absolute atomic E-state index is 10.6. The van der Waals surface area contributed by atoms with Gasteiger partial charge in [-0.15, -0.1) is 0 Å². The van der Waals surface area contributed by atoms with Gasteiger partial charge in [-0.05, 0) is 18.7 Å². The van der Waals surface area contributed by atoms with Crippen molar-refractivity contribution in [3.8, 4) is 0 Å². The minimum absolute atomic E-state index is 0.00510. The number of rotatable bonds is 3. The van der Waals surface area contributed by atoms with Crippen molar-refractivity contribution in [2.24, 2.45) is 0 Å². The Kier molecular flexibility index (Phi) is 3.60. The molecule has 0 spiro atoms. The van der Waals surface area contributed by atoms with E-state index in [4.69, 9.17) is 4.74 Å². The van der Waals surface area contributed by atoms with Crippen LogP contribution < -0.4 is 0 Å². The van der Waals surface area contributed by atoms with Crippen molar-refractivity contribution in [3.63, 3.8) is 0 Å². The lowest BCUT2D eigenvalue weighted by Crippen LogP contribution is -2.49. The maximum Gasteiger partial charge on any atom is 0.269 e. The number of benzene rings is 1. The van der Waals surface area contributed by atoms with Crippen LogP contribution in [0.2, 0.25) is 0 Å². The zero-order valence-corrected chi connectivity index (χ0v) is 10.2. The molecule has 1 aliphatic heterocycles. The predicted molar refractivity (Wildman–Crippen MR) is 65.1 cm³/mol. The van der Waals surface area contributed by atoms with Gasteiger partial charge in [-0.2, -0.15) is 0 Å². The lowest BCUT2D eigenvalue weighted by atomic mass is 10.0. The van der Waals surface area contributed by atoms with Crippen LogP contribution in [0.15, 0.2) is 24.3 Å². The molecule has 0 amide bonds. The molecule has 0 aromatic heterocycles. The summed E-state index contributed by atoms with van der Waals surface area (Å²) in [5, 5.41) is 21.0. The molecule has 0 radical (unpaired) electrons. The zero-order valence-electron chi connectivity index (χ0n) is 10.2. The van der Waals surface area contributed by atoms with Gasteiger partial charge in [0, 0.05) is 24.2 Å². The third-order valence-electron chi connectivity index (χ3n) is 3.16. The summed E-state index contributed by atoms with van der Waals surface area (Å²) in [6.07, 6.45) is 0. The Morgan fingerprint density at radius 1 is 1.50 bits per heavy atom. The number of non-ortho nitro benzene ring substituents is 1. The molecule has 0 aliphatic carbocycles. The lowest BCUT2D eigenvalue weighted by Gasteiger charge is -2.38. The molecular weight excluding hydrogens is 236 g/mol. The van der Waals surface area contributed by atoms with Crippen LogP contribution >= 0.6 is 0 Å². The van der Waals surface area contributed by atoms with Crippen molar-refractivity contribution in [1.29, 1.82) is 0 Å². The van der Waals surface area contributed by atoms with Crippen LogP contribution in [-0.2, 0) is 10.5 Å². The first-order valence-corrected chi connectivity index (χ1v) is 5.89. The van der Waals surface area contributed by atoms with Crippen LogP contribution in [-0.4, -0.2) is 41.2 Å². The van der Waals surface area contributed by atoms with E-state index in [0.717, 1.165) is 13.1 Å². The average molecular weight is 252 g/mol. The summed E-state index contributed by atoms with van der Waals surface area (Å²) >= 11 is 0. The van der Waals surface area contributed by atoms with E-state index < -0.39 is 10.7 Å². The Hall–Kier alpha value is -1.50. The minimum Gasteiger partial charge on any atom is -0.361 e. The molecule has 0 saturated carbocycles. The van der Waals surface area contributed by atoms with Gasteiger partial charge in [0.15, 0.2) is 0 Å². The van der Waals surface area contributed by atoms with Gasteiger partial charge in [0.1, 0.15) is 0 Å². The first kappa shape index (κ1) is 12.9. The molecule has 1 atom stereocenters. The number of hydrogen-bond donors (Lipinski definition) is 1. The predicted octanol–water partition coefficient (Wildman–Crippen LogP) is 1.09. The Bertz CT molecular complexity index is 434. The Morgan fingerprint density at radius 2 is 2.17 bits per heavy atom. The highest BCUT2D eigenvalue weighted by Crippen LogP contribution is 2.28. The second-order valence-corrected chi connectivity index (χ2v) is 4.31. The minimum atomic E-state index is -1.37. The van der Waals surface area contributed by atoms with Crippen molar-refractivity contribution in [2.45, 2.75) is 12.7 Å². The van der Waals surface area contributed by atoms with Gasteiger partial charge < -0.3 is 9.84 Å². The van der Waals surface area contributed by atoms with E-state index in [-0.39, 0.29) is 5.69 Å². The third-order valence-corrected chi connectivity index (χ3v) is 3.16. The van der Waals surface area contributed by atoms with E-state index in [1.165, 1.54) is 24.3 Å². The number of nitrogens with zero attached hydrogens (tertiary/aromatic N) is 2. The highest BCUT2D eigenvalue weighted by atomic mass is 16.6. The fourth-order valence-corrected chi connectivity index (χ4v) is 2.06. The Morgan fingerprint density at radius 3 is 2.72 bits per heavy atom. The summed E-state index contributed by atoms with van der Waals surface area (Å²) < 4.78 is 5.43. The number of morpholine rings is 1. The van der Waals surface area contributed by atoms with Crippen LogP contribution in [0, 0.1) is 10.1 Å². The van der Waals surface area contributed by atoms with Gasteiger partial charge in [0.2, 0.25) is 5.79 Å². The van der Waals surface area contributed by atoms with Crippen LogP contribution in [0.5, 0.6) is 0 Å². The molecule has 1 fully saturated rings. The van der Waals surface area contributed by atoms with Gasteiger partial charge in [-0.3, -0.25) is 15.0 Å². The van der Waals surface area contributed by atoms with Gasteiger partial charge in [0.05, 0.1) is 18.1 Å². The standard InChI is InChI=1S/C12H16N2O4/c1-2-13-7-8-18-12(15,9-13)10-3-5-11(6-4-10)14(16)17/h3-6,15H,2,7-9H2,1H3. The van der Waals surface area contributed by atoms with Gasteiger partial charge in [-0.1, -0.05) is 6.92 Å². The van der Waals surface area contributed by atoms with Gasteiger partial charge >= 0.3 is 0 Å². The first-order chi connectivity index (χ1) is 8.55. The number of nitro benzene ring substituents is 1. The SMILES string of the molecule is CCN1CCOC(O)(c2ccc([N+](=O)[O-])cc2)C1. The molecule has 1 aromatic carbocycles. The molecule has 0 bridgehead atoms. The van der Waals surface area contributed by atoms with Gasteiger partial charge in [0.25, 0.3) is 5.69 Å². The summed E-state index contributed by atoms with van der Waals surface area (Å²) in [5.41, 5.74) is 0.553. The topological polar surface area (TPSA) is 75.8 Å². The molecule has 6 heteroatoms. The fourth-order valence-electron chi connectivity index (χ4n) is 2.06. The smallest absolute Gasteiger partial charge is 0.269 e. The van der Waals surface area contributed by atoms with E-state index >= 15 is 0 Å². The number of hydrogen-bond acceptors (Lipinski definition) is 5. The molecule has 1 saturated heterocycles. The quantitative estimate of drug-likeness (QED) is 0.643. The summed E-state index contributed by atoms with van der Waals surface area (Å²) in [5.74, 6) is -1.37. The summed E-state index contributed by atoms with van der Waals surface area (Å²) in [6, 6.07) is 5.83. The average Bonchev–Trinajstić information content (AvgIpc) is 2.39. The number of ether oxygens (including phenoxy) is 1. The number of β-amino-alcohol motifs (C(OH)–C–C–N with tert-alkyl or cyclic N) is 1. The molecule has 2 rings (SSSR count). The van der Waals surface area contributed by atoms with Gasteiger partial charge in [-0.25, -0.2) is 0 Å². The molecule has 1 heterocycles. The van der Waals surface area contributed by atoms with Crippen molar-refractivity contribution in [1.82, 2.24) is 4.90 Å². The van der Waals surface area contributed by atoms with Crippen LogP contribution in [0.3, 0.4) is 0 Å². The normalized spacial score (nSPS) is 25.0. The van der Waals surface area contributed by atoms with Crippen molar-refractivity contribution in [3.05, 3.63) is 39.9 Å². The fraction of sp³-hybridized carbons (Fsp3) is 0.500. The van der Waals surface area contributed by atoms with E-state index in [1.54, 1.807) is 0 Å². The second-order valence-electron chi connectivity index (χ2n) is 4.31. The van der Waals surface area contributed by atoms with Crippen molar-refractivity contribution in [2.75, 3.05) is 26.2 Å². The van der Waals surface area contributed by atoms with Crippen molar-refractivity contribution < 1.29 is 14.8 Å². The zero-order chi connectivity index (χ0) is 13.2. The Balaban J connectivity index is 2.21. The highest BCUT2D eigenvalue weighted by Gasteiger charge is 2.35. The second kappa shape index (κ2) is 5.01. The maximum atomic E-state index is 10.6. The summed E-state index contributed by atoms with van der Waals surface area (Å²) in [6.45, 7) is 4.45. The van der Waals surface area contributed by atoms with E-state index in [2.05, 4.69) is 4.90 Å². The largest absolute Gasteiger partial charge is 0.361 e. The highest BCUT2D eigenvalue weighted by molar-refractivity contribution is 5.34. The van der Waals surface area contributed by atoms with Crippen LogP contribution in [0.1, 0.15) is 12.5 Å². The molecule has 18 heavy (non-hydrogen) atoms. The molecule has 1 unspecified atom stereocenters. The number of aliphatic hydroxyl groups is 1. The molecule has 1 aliphatic rings. The number of nitro groups is 1. The molecule has 98 valence electrons. The third kappa shape index (κ3) is 2.50. The molecular formula is C12H16N2O4. The Labute approximate surface area is 105 Å². The van der Waals surface area contributed by atoms with Crippen LogP contribution in [0.4, 0.5) is 5.69 Å². The number of likely N-dealkylation sites (N-methyl/N-ethyl adjacent to an activating group) is 1. The van der Waals surface area contributed by atoms with E-state index in [0.29, 0.717) is 18.7 Å². The monoisotopic (exact) mass is 252 g/mol. The molecule has 1 N–H and O–H groups in total. The first-order valence-electron chi connectivity index (χ1n) is 5.89.